The molecule has 0 aliphatic carbocycles. The number of hydrogen-bond acceptors (Lipinski definition) is 1. The number of hydrogen-bond donors (Lipinski definition) is 1. The summed E-state index contributed by atoms with van der Waals surface area (Å²) in [5, 5.41) is 3.46. The van der Waals surface area contributed by atoms with Crippen LogP contribution in [0.25, 0.3) is 0 Å². The van der Waals surface area contributed by atoms with Crippen LogP contribution >= 0.6 is 0 Å². The van der Waals surface area contributed by atoms with Crippen LogP contribution in [0, 0.1) is 0 Å². The van der Waals surface area contributed by atoms with Gasteiger partial charge in [0, 0.05) is 6.04 Å². The lowest BCUT2D eigenvalue weighted by atomic mass is 10.0. The third kappa shape index (κ3) is 7.89. The second-order valence-corrected chi connectivity index (χ2v) is 3.65. The normalized spacial score (nSPS) is 11.4. The van der Waals surface area contributed by atoms with Gasteiger partial charge in [-0.3, -0.25) is 0 Å². The molecule has 0 fully saturated rings. The minimum absolute atomic E-state index is 0.705. The minimum atomic E-state index is 0.705. The van der Waals surface area contributed by atoms with Crippen molar-refractivity contribution in [2.75, 3.05) is 0 Å². The van der Waals surface area contributed by atoms with Crippen molar-refractivity contribution in [1.29, 1.82) is 0 Å². The summed E-state index contributed by atoms with van der Waals surface area (Å²) < 4.78 is 0. The average molecular weight is 183 g/mol. The molecular weight excluding hydrogens is 158 g/mol. The van der Waals surface area contributed by atoms with Gasteiger partial charge in [0.25, 0.3) is 0 Å². The summed E-state index contributed by atoms with van der Waals surface area (Å²) in [6.07, 6.45) is 12.1. The minimum Gasteiger partial charge on any atom is -0.388 e. The summed E-state index contributed by atoms with van der Waals surface area (Å²) in [7, 11) is 0. The Morgan fingerprint density at radius 3 is 2.00 bits per heavy atom. The van der Waals surface area contributed by atoms with E-state index in [1.54, 1.807) is 0 Å². The van der Waals surface area contributed by atoms with Crippen LogP contribution in [0.2, 0.25) is 0 Å². The SMILES string of the molecule is CC=CNC(CCCC)CCCC. The number of allylic oxidation sites excluding steroid dienone is 1. The lowest BCUT2D eigenvalue weighted by molar-refractivity contribution is 0.470. The zero-order valence-corrected chi connectivity index (χ0v) is 9.47. The standard InChI is InChI=1S/C12H25N/c1-4-7-9-12(10-8-5-2)13-11-6-3/h6,11-13H,4-5,7-10H2,1-3H3. The molecule has 0 aliphatic rings. The van der Waals surface area contributed by atoms with Crippen LogP contribution in [0.15, 0.2) is 12.3 Å². The second-order valence-electron chi connectivity index (χ2n) is 3.65. The van der Waals surface area contributed by atoms with Gasteiger partial charge in [0.15, 0.2) is 0 Å². The van der Waals surface area contributed by atoms with Gasteiger partial charge in [0.1, 0.15) is 0 Å². The van der Waals surface area contributed by atoms with Crippen LogP contribution in [-0.2, 0) is 0 Å². The third-order valence-electron chi connectivity index (χ3n) is 2.31. The van der Waals surface area contributed by atoms with Crippen molar-refractivity contribution in [2.45, 2.75) is 65.3 Å². The fraction of sp³-hybridized carbons (Fsp3) is 0.833. The molecular formula is C12H25N. The van der Waals surface area contributed by atoms with E-state index >= 15 is 0 Å². The van der Waals surface area contributed by atoms with Crippen LogP contribution in [-0.4, -0.2) is 6.04 Å². The maximum Gasteiger partial charge on any atom is 0.0255 e. The molecule has 0 atom stereocenters. The fourth-order valence-electron chi connectivity index (χ4n) is 1.44. The highest BCUT2D eigenvalue weighted by molar-refractivity contribution is 4.79. The van der Waals surface area contributed by atoms with Gasteiger partial charge in [-0.2, -0.15) is 0 Å². The monoisotopic (exact) mass is 183 g/mol. The molecule has 0 saturated carbocycles. The van der Waals surface area contributed by atoms with Crippen molar-refractivity contribution in [3.63, 3.8) is 0 Å². The highest BCUT2D eigenvalue weighted by Crippen LogP contribution is 2.08. The Morgan fingerprint density at radius 1 is 1.08 bits per heavy atom. The first-order valence-corrected chi connectivity index (χ1v) is 5.72. The van der Waals surface area contributed by atoms with Gasteiger partial charge in [-0.15, -0.1) is 0 Å². The van der Waals surface area contributed by atoms with E-state index in [0.717, 1.165) is 0 Å². The molecule has 0 unspecified atom stereocenters. The molecule has 13 heavy (non-hydrogen) atoms. The summed E-state index contributed by atoms with van der Waals surface area (Å²) in [5.41, 5.74) is 0. The zero-order valence-electron chi connectivity index (χ0n) is 9.47. The van der Waals surface area contributed by atoms with Gasteiger partial charge in [0.05, 0.1) is 0 Å². The van der Waals surface area contributed by atoms with Gasteiger partial charge in [-0.05, 0) is 26.0 Å². The molecule has 0 aromatic carbocycles. The van der Waals surface area contributed by atoms with Crippen molar-refractivity contribution in [1.82, 2.24) is 5.32 Å². The van der Waals surface area contributed by atoms with Gasteiger partial charge in [-0.25, -0.2) is 0 Å². The molecule has 0 saturated heterocycles. The van der Waals surface area contributed by atoms with E-state index in [1.807, 2.05) is 0 Å². The quantitative estimate of drug-likeness (QED) is 0.602. The Labute approximate surface area is 83.6 Å². The first-order chi connectivity index (χ1) is 6.35. The molecule has 1 N–H and O–H groups in total. The van der Waals surface area contributed by atoms with E-state index in [0.29, 0.717) is 6.04 Å². The Hall–Kier alpha value is -0.460. The summed E-state index contributed by atoms with van der Waals surface area (Å²) >= 11 is 0. The molecule has 0 bridgehead atoms. The lowest BCUT2D eigenvalue weighted by Crippen LogP contribution is -2.23. The zero-order chi connectivity index (χ0) is 9.94. The lowest BCUT2D eigenvalue weighted by Gasteiger charge is -2.16. The largest absolute Gasteiger partial charge is 0.388 e. The van der Waals surface area contributed by atoms with Gasteiger partial charge in [-0.1, -0.05) is 45.6 Å². The molecule has 1 heteroatoms. The van der Waals surface area contributed by atoms with E-state index in [9.17, 15) is 0 Å². The maximum atomic E-state index is 3.46. The number of unbranched alkanes of at least 4 members (excludes halogenated alkanes) is 2. The highest BCUT2D eigenvalue weighted by Gasteiger charge is 2.03. The molecule has 1 nitrogen and oxygen atoms in total. The van der Waals surface area contributed by atoms with Gasteiger partial charge < -0.3 is 5.32 Å². The van der Waals surface area contributed by atoms with Crippen molar-refractivity contribution in [2.24, 2.45) is 0 Å². The van der Waals surface area contributed by atoms with Gasteiger partial charge >= 0.3 is 0 Å². The number of rotatable bonds is 8. The van der Waals surface area contributed by atoms with Crippen LogP contribution in [0.1, 0.15) is 59.3 Å². The summed E-state index contributed by atoms with van der Waals surface area (Å²) in [6.45, 7) is 6.57. The summed E-state index contributed by atoms with van der Waals surface area (Å²) in [4.78, 5) is 0. The summed E-state index contributed by atoms with van der Waals surface area (Å²) in [6, 6.07) is 0.705. The van der Waals surface area contributed by atoms with Crippen molar-refractivity contribution in [3.05, 3.63) is 12.3 Å². The first kappa shape index (κ1) is 12.5. The van der Waals surface area contributed by atoms with Crippen LogP contribution in [0.4, 0.5) is 0 Å². The van der Waals surface area contributed by atoms with E-state index < -0.39 is 0 Å². The average Bonchev–Trinajstić information content (AvgIpc) is 2.17. The van der Waals surface area contributed by atoms with Crippen LogP contribution < -0.4 is 5.32 Å². The molecule has 0 aromatic heterocycles. The fourth-order valence-corrected chi connectivity index (χ4v) is 1.44. The van der Waals surface area contributed by atoms with Crippen LogP contribution in [0.5, 0.6) is 0 Å². The maximum absolute atomic E-state index is 3.46. The highest BCUT2D eigenvalue weighted by atomic mass is 14.9. The van der Waals surface area contributed by atoms with Crippen LogP contribution in [0.3, 0.4) is 0 Å². The van der Waals surface area contributed by atoms with Crippen molar-refractivity contribution < 1.29 is 0 Å². The topological polar surface area (TPSA) is 12.0 Å². The Kier molecular flexibility index (Phi) is 9.29. The van der Waals surface area contributed by atoms with Crippen molar-refractivity contribution >= 4 is 0 Å². The second kappa shape index (κ2) is 9.63. The molecule has 0 aromatic rings. The van der Waals surface area contributed by atoms with E-state index in [-0.39, 0.29) is 0 Å². The third-order valence-corrected chi connectivity index (χ3v) is 2.31. The Balaban J connectivity index is 3.59. The first-order valence-electron chi connectivity index (χ1n) is 5.72. The Bertz CT molecular complexity index is 110. The number of nitrogens with one attached hydrogen (secondary N) is 1. The molecule has 0 aliphatic heterocycles. The smallest absolute Gasteiger partial charge is 0.0255 e. The van der Waals surface area contributed by atoms with E-state index in [1.165, 1.54) is 38.5 Å². The molecule has 0 amide bonds. The predicted molar refractivity (Wildman–Crippen MR) is 60.8 cm³/mol. The predicted octanol–water partition coefficient (Wildman–Crippen LogP) is 3.86. The molecule has 0 spiro atoms. The Morgan fingerprint density at radius 2 is 1.62 bits per heavy atom. The molecule has 0 radical (unpaired) electrons. The van der Waals surface area contributed by atoms with E-state index in [4.69, 9.17) is 0 Å². The molecule has 78 valence electrons. The van der Waals surface area contributed by atoms with E-state index in [2.05, 4.69) is 38.4 Å². The molecule has 0 rings (SSSR count). The summed E-state index contributed by atoms with van der Waals surface area (Å²) in [5.74, 6) is 0. The van der Waals surface area contributed by atoms with Gasteiger partial charge in [0.2, 0.25) is 0 Å². The van der Waals surface area contributed by atoms with Crippen molar-refractivity contribution in [3.8, 4) is 0 Å². The molecule has 0 heterocycles.